The van der Waals surface area contributed by atoms with Crippen LogP contribution in [0.15, 0.2) is 47.5 Å². The summed E-state index contributed by atoms with van der Waals surface area (Å²) < 4.78 is 28.4. The predicted molar refractivity (Wildman–Crippen MR) is 105 cm³/mol. The summed E-state index contributed by atoms with van der Waals surface area (Å²) in [6.45, 7) is 0.671. The van der Waals surface area contributed by atoms with Gasteiger partial charge in [-0.3, -0.25) is 4.57 Å². The van der Waals surface area contributed by atoms with Crippen LogP contribution >= 0.6 is 0 Å². The topological polar surface area (TPSA) is 105 Å². The fraction of sp³-hybridized carbons (Fsp3) is 0.278. The molecule has 0 amide bonds. The van der Waals surface area contributed by atoms with Gasteiger partial charge in [-0.05, 0) is 30.7 Å². The molecule has 1 aliphatic heterocycles. The Bertz CT molecular complexity index is 1370. The molecule has 1 aliphatic rings. The van der Waals surface area contributed by atoms with Crippen molar-refractivity contribution in [2.75, 3.05) is 19.3 Å². The number of H-pyrrole nitrogens is 1. The van der Waals surface area contributed by atoms with Crippen LogP contribution in [0.25, 0.3) is 27.9 Å². The molecule has 10 heteroatoms. The Morgan fingerprint density at radius 2 is 2.07 bits per heavy atom. The van der Waals surface area contributed by atoms with E-state index in [4.69, 9.17) is 4.98 Å². The van der Waals surface area contributed by atoms with Gasteiger partial charge in [-0.1, -0.05) is 6.07 Å². The number of nitrogens with zero attached hydrogens (tertiary/aromatic N) is 5. The number of sulfonamides is 1. The maximum Gasteiger partial charge on any atom is 0.327 e. The van der Waals surface area contributed by atoms with Crippen LogP contribution in [0, 0.1) is 0 Å². The molecule has 28 heavy (non-hydrogen) atoms. The SMILES string of the molecule is CS(=O)(=O)N1CC[C@@H](n2c(=O)[nH]c3ccc(-c4cnn5ccccc45)nc32)C1. The normalized spacial score (nSPS) is 18.4. The van der Waals surface area contributed by atoms with Crippen LogP contribution < -0.4 is 5.69 Å². The van der Waals surface area contributed by atoms with Crippen molar-refractivity contribution in [3.05, 3.63) is 53.2 Å². The molecule has 1 fully saturated rings. The Morgan fingerprint density at radius 1 is 1.21 bits per heavy atom. The van der Waals surface area contributed by atoms with Crippen LogP contribution in [0.3, 0.4) is 0 Å². The molecule has 4 aromatic rings. The maximum atomic E-state index is 12.6. The van der Waals surface area contributed by atoms with E-state index < -0.39 is 10.0 Å². The summed E-state index contributed by atoms with van der Waals surface area (Å²) >= 11 is 0. The Kier molecular flexibility index (Phi) is 3.68. The number of hydrogen-bond acceptors (Lipinski definition) is 5. The average molecular weight is 398 g/mol. The second-order valence-electron chi connectivity index (χ2n) is 7.02. The Morgan fingerprint density at radius 3 is 2.86 bits per heavy atom. The molecule has 9 nitrogen and oxygen atoms in total. The van der Waals surface area contributed by atoms with Gasteiger partial charge >= 0.3 is 5.69 Å². The van der Waals surface area contributed by atoms with Gasteiger partial charge in [0.15, 0.2) is 5.65 Å². The minimum absolute atomic E-state index is 0.248. The number of imidazole rings is 1. The molecule has 5 heterocycles. The number of hydrogen-bond donors (Lipinski definition) is 1. The minimum atomic E-state index is -3.28. The van der Waals surface area contributed by atoms with Crippen molar-refractivity contribution >= 4 is 26.7 Å². The van der Waals surface area contributed by atoms with Gasteiger partial charge in [0, 0.05) is 24.8 Å². The second kappa shape index (κ2) is 6.01. The zero-order valence-electron chi connectivity index (χ0n) is 15.1. The number of nitrogens with one attached hydrogen (secondary N) is 1. The van der Waals surface area contributed by atoms with Crippen molar-refractivity contribution in [2.45, 2.75) is 12.5 Å². The Hall–Kier alpha value is -2.98. The highest BCUT2D eigenvalue weighted by Gasteiger charge is 2.31. The van der Waals surface area contributed by atoms with Gasteiger partial charge in [0.2, 0.25) is 10.0 Å². The minimum Gasteiger partial charge on any atom is -0.304 e. The zero-order chi connectivity index (χ0) is 19.5. The highest BCUT2D eigenvalue weighted by atomic mass is 32.2. The van der Waals surface area contributed by atoms with E-state index in [1.807, 2.05) is 36.5 Å². The molecule has 1 N–H and O–H groups in total. The fourth-order valence-corrected chi connectivity index (χ4v) is 4.72. The number of rotatable bonds is 3. The molecule has 0 unspecified atom stereocenters. The lowest BCUT2D eigenvalue weighted by molar-refractivity contribution is 0.455. The molecule has 0 saturated carbocycles. The summed E-state index contributed by atoms with van der Waals surface area (Å²) in [6.07, 6.45) is 5.37. The summed E-state index contributed by atoms with van der Waals surface area (Å²) in [7, 11) is -3.28. The van der Waals surface area contributed by atoms with Gasteiger partial charge in [-0.15, -0.1) is 0 Å². The third-order valence-corrected chi connectivity index (χ3v) is 6.50. The van der Waals surface area contributed by atoms with Crippen molar-refractivity contribution in [1.29, 1.82) is 0 Å². The number of pyridine rings is 2. The molecule has 1 atom stereocenters. The van der Waals surface area contributed by atoms with E-state index in [1.54, 1.807) is 15.3 Å². The van der Waals surface area contributed by atoms with Gasteiger partial charge in [-0.2, -0.15) is 5.10 Å². The molecule has 144 valence electrons. The summed E-state index contributed by atoms with van der Waals surface area (Å²) in [6, 6.07) is 9.22. The first-order valence-electron chi connectivity index (χ1n) is 8.91. The monoisotopic (exact) mass is 398 g/mol. The van der Waals surface area contributed by atoms with Crippen LogP contribution in [-0.2, 0) is 10.0 Å². The van der Waals surface area contributed by atoms with Crippen LogP contribution in [0.1, 0.15) is 12.5 Å². The molecular formula is C18H18N6O3S. The van der Waals surface area contributed by atoms with E-state index in [-0.39, 0.29) is 18.3 Å². The third-order valence-electron chi connectivity index (χ3n) is 5.23. The number of aromatic amines is 1. The van der Waals surface area contributed by atoms with Crippen LogP contribution in [0.4, 0.5) is 0 Å². The van der Waals surface area contributed by atoms with Gasteiger partial charge in [0.1, 0.15) is 0 Å². The van der Waals surface area contributed by atoms with E-state index in [9.17, 15) is 13.2 Å². The quantitative estimate of drug-likeness (QED) is 0.559. The lowest BCUT2D eigenvalue weighted by atomic mass is 10.2. The Labute approximate surface area is 160 Å². The second-order valence-corrected chi connectivity index (χ2v) is 9.00. The molecule has 0 bridgehead atoms. The molecule has 0 aromatic carbocycles. The van der Waals surface area contributed by atoms with E-state index in [2.05, 4.69) is 10.1 Å². The largest absolute Gasteiger partial charge is 0.327 e. The number of aromatic nitrogens is 5. The molecule has 4 aromatic heterocycles. The highest BCUT2D eigenvalue weighted by Crippen LogP contribution is 2.28. The van der Waals surface area contributed by atoms with Gasteiger partial charge in [0.05, 0.1) is 35.2 Å². The summed E-state index contributed by atoms with van der Waals surface area (Å²) in [4.78, 5) is 20.1. The average Bonchev–Trinajstić information content (AvgIpc) is 3.36. The van der Waals surface area contributed by atoms with E-state index >= 15 is 0 Å². The van der Waals surface area contributed by atoms with Crippen molar-refractivity contribution < 1.29 is 8.42 Å². The third kappa shape index (κ3) is 2.64. The summed E-state index contributed by atoms with van der Waals surface area (Å²) in [5, 5.41) is 4.34. The van der Waals surface area contributed by atoms with Gasteiger partial charge < -0.3 is 4.98 Å². The van der Waals surface area contributed by atoms with Crippen LogP contribution in [-0.4, -0.2) is 56.2 Å². The smallest absolute Gasteiger partial charge is 0.304 e. The highest BCUT2D eigenvalue weighted by molar-refractivity contribution is 7.88. The molecule has 5 rings (SSSR count). The summed E-state index contributed by atoms with van der Waals surface area (Å²) in [5.41, 5.74) is 3.37. The first-order chi connectivity index (χ1) is 13.4. The maximum absolute atomic E-state index is 12.6. The van der Waals surface area contributed by atoms with Gasteiger partial charge in [-0.25, -0.2) is 27.0 Å². The predicted octanol–water partition coefficient (Wildman–Crippen LogP) is 1.25. The number of fused-ring (bicyclic) bond motifs is 2. The van der Waals surface area contributed by atoms with E-state index in [0.29, 0.717) is 29.8 Å². The van der Waals surface area contributed by atoms with Crippen LogP contribution in [0.5, 0.6) is 0 Å². The van der Waals surface area contributed by atoms with Gasteiger partial charge in [0.25, 0.3) is 0 Å². The van der Waals surface area contributed by atoms with E-state index in [1.165, 1.54) is 10.6 Å². The molecule has 0 spiro atoms. The summed E-state index contributed by atoms with van der Waals surface area (Å²) in [5.74, 6) is 0. The molecule has 0 radical (unpaired) electrons. The molecule has 0 aliphatic carbocycles. The Balaban J connectivity index is 1.63. The van der Waals surface area contributed by atoms with Crippen LogP contribution in [0.2, 0.25) is 0 Å². The first-order valence-corrected chi connectivity index (χ1v) is 10.8. The van der Waals surface area contributed by atoms with Crippen molar-refractivity contribution in [3.8, 4) is 11.3 Å². The van der Waals surface area contributed by atoms with Crippen molar-refractivity contribution in [3.63, 3.8) is 0 Å². The lowest BCUT2D eigenvalue weighted by Gasteiger charge is -2.14. The van der Waals surface area contributed by atoms with Crippen molar-refractivity contribution in [2.24, 2.45) is 0 Å². The molecular weight excluding hydrogens is 380 g/mol. The first kappa shape index (κ1) is 17.1. The standard InChI is InChI=1S/C18H18N6O3S/c1-28(26,27)22-9-7-12(11-22)24-17-15(21-18(24)25)6-5-14(20-17)13-10-19-23-8-3-2-4-16(13)23/h2-6,8,10,12H,7,9,11H2,1H3,(H,21,25)/t12-/m1/s1. The van der Waals surface area contributed by atoms with Crippen molar-refractivity contribution in [1.82, 2.24) is 28.5 Å². The molecule has 1 saturated heterocycles. The lowest BCUT2D eigenvalue weighted by Crippen LogP contribution is -2.30. The zero-order valence-corrected chi connectivity index (χ0v) is 15.9. The van der Waals surface area contributed by atoms with E-state index in [0.717, 1.165) is 11.1 Å². The fourth-order valence-electron chi connectivity index (χ4n) is 3.84.